The summed E-state index contributed by atoms with van der Waals surface area (Å²) in [6, 6.07) is 9.14. The number of aryl methyl sites for hydroxylation is 1. The molecule has 5 heteroatoms. The van der Waals surface area contributed by atoms with E-state index in [1.165, 1.54) is 0 Å². The molecule has 1 N–H and O–H groups in total. The molecule has 0 aliphatic heterocycles. The van der Waals surface area contributed by atoms with Gasteiger partial charge in [-0.1, -0.05) is 15.9 Å². The van der Waals surface area contributed by atoms with Crippen LogP contribution in [0.4, 0.5) is 0 Å². The Bertz CT molecular complexity index is 575. The molecule has 0 spiro atoms. The normalized spacial score (nSPS) is 10.8. The molecule has 1 heterocycles. The minimum absolute atomic E-state index is 0.215. The quantitative estimate of drug-likeness (QED) is 0.681. The molecule has 1 aromatic carbocycles. The Morgan fingerprint density at radius 1 is 1.33 bits per heavy atom. The number of hydrogen-bond donors (Lipinski definition) is 1. The van der Waals surface area contributed by atoms with Gasteiger partial charge in [0, 0.05) is 14.9 Å². The second-order valence-electron chi connectivity index (χ2n) is 3.67. The maximum atomic E-state index is 11.7. The van der Waals surface area contributed by atoms with Gasteiger partial charge in [-0.25, -0.2) is 5.43 Å². The van der Waals surface area contributed by atoms with E-state index >= 15 is 0 Å². The molecule has 1 aromatic heterocycles. The SMILES string of the molecule is Cc1ccsc1/C=N\NC(=O)c1ccc(Br)cc1. The van der Waals surface area contributed by atoms with Crippen LogP contribution in [0.25, 0.3) is 0 Å². The van der Waals surface area contributed by atoms with E-state index in [-0.39, 0.29) is 5.91 Å². The minimum Gasteiger partial charge on any atom is -0.267 e. The predicted molar refractivity (Wildman–Crippen MR) is 78.3 cm³/mol. The van der Waals surface area contributed by atoms with Crippen LogP contribution >= 0.6 is 27.3 Å². The third-order valence-electron chi connectivity index (χ3n) is 2.36. The molecule has 2 aromatic rings. The van der Waals surface area contributed by atoms with Crippen LogP contribution in [-0.4, -0.2) is 12.1 Å². The first-order chi connectivity index (χ1) is 8.66. The highest BCUT2D eigenvalue weighted by Crippen LogP contribution is 2.12. The van der Waals surface area contributed by atoms with Crippen LogP contribution < -0.4 is 5.43 Å². The highest BCUT2D eigenvalue weighted by atomic mass is 79.9. The Morgan fingerprint density at radius 2 is 2.06 bits per heavy atom. The van der Waals surface area contributed by atoms with E-state index in [9.17, 15) is 4.79 Å². The van der Waals surface area contributed by atoms with Gasteiger partial charge in [-0.2, -0.15) is 5.10 Å². The number of carbonyl (C=O) groups excluding carboxylic acids is 1. The molecule has 0 atom stereocenters. The molecule has 0 aliphatic rings. The van der Waals surface area contributed by atoms with Gasteiger partial charge in [-0.05, 0) is 48.2 Å². The number of nitrogens with one attached hydrogen (secondary N) is 1. The molecule has 18 heavy (non-hydrogen) atoms. The second kappa shape index (κ2) is 5.93. The monoisotopic (exact) mass is 322 g/mol. The van der Waals surface area contributed by atoms with E-state index in [0.29, 0.717) is 5.56 Å². The van der Waals surface area contributed by atoms with E-state index in [1.807, 2.05) is 30.5 Å². The van der Waals surface area contributed by atoms with E-state index in [0.717, 1.165) is 14.9 Å². The summed E-state index contributed by atoms with van der Waals surface area (Å²) in [7, 11) is 0. The summed E-state index contributed by atoms with van der Waals surface area (Å²) in [6.07, 6.45) is 1.66. The average Bonchev–Trinajstić information content (AvgIpc) is 2.76. The van der Waals surface area contributed by atoms with Crippen LogP contribution in [0.3, 0.4) is 0 Å². The fourth-order valence-corrected chi connectivity index (χ4v) is 2.38. The van der Waals surface area contributed by atoms with Gasteiger partial charge in [0.05, 0.1) is 6.21 Å². The largest absolute Gasteiger partial charge is 0.271 e. The fraction of sp³-hybridized carbons (Fsp3) is 0.0769. The lowest BCUT2D eigenvalue weighted by molar-refractivity contribution is 0.0955. The number of nitrogens with zero attached hydrogens (tertiary/aromatic N) is 1. The van der Waals surface area contributed by atoms with E-state index in [1.54, 1.807) is 29.7 Å². The van der Waals surface area contributed by atoms with Crippen molar-refractivity contribution < 1.29 is 4.79 Å². The summed E-state index contributed by atoms with van der Waals surface area (Å²) in [6.45, 7) is 2.01. The highest BCUT2D eigenvalue weighted by molar-refractivity contribution is 9.10. The number of halogens is 1. The molecule has 92 valence electrons. The summed E-state index contributed by atoms with van der Waals surface area (Å²) in [5.41, 5.74) is 4.24. The number of carbonyl (C=O) groups is 1. The van der Waals surface area contributed by atoms with Crippen molar-refractivity contribution in [3.8, 4) is 0 Å². The van der Waals surface area contributed by atoms with Gasteiger partial charge in [0.1, 0.15) is 0 Å². The number of benzene rings is 1. The van der Waals surface area contributed by atoms with Gasteiger partial charge in [0.2, 0.25) is 0 Å². The van der Waals surface area contributed by atoms with Crippen LogP contribution in [0.5, 0.6) is 0 Å². The first-order valence-corrected chi connectivity index (χ1v) is 6.97. The molecule has 0 bridgehead atoms. The Kier molecular flexibility index (Phi) is 4.28. The van der Waals surface area contributed by atoms with E-state index < -0.39 is 0 Å². The van der Waals surface area contributed by atoms with Crippen molar-refractivity contribution in [2.24, 2.45) is 5.10 Å². The summed E-state index contributed by atoms with van der Waals surface area (Å²) >= 11 is 4.91. The Hall–Kier alpha value is -1.46. The summed E-state index contributed by atoms with van der Waals surface area (Å²) in [5.74, 6) is -0.215. The smallest absolute Gasteiger partial charge is 0.267 e. The zero-order chi connectivity index (χ0) is 13.0. The summed E-state index contributed by atoms with van der Waals surface area (Å²) < 4.78 is 0.941. The van der Waals surface area contributed by atoms with Crippen LogP contribution in [0.1, 0.15) is 20.8 Å². The second-order valence-corrected chi connectivity index (χ2v) is 5.54. The minimum atomic E-state index is -0.215. The lowest BCUT2D eigenvalue weighted by Crippen LogP contribution is -2.17. The Morgan fingerprint density at radius 3 is 2.67 bits per heavy atom. The van der Waals surface area contributed by atoms with Crippen molar-refractivity contribution in [3.63, 3.8) is 0 Å². The van der Waals surface area contributed by atoms with Crippen molar-refractivity contribution in [1.29, 1.82) is 0 Å². The third kappa shape index (κ3) is 3.27. The van der Waals surface area contributed by atoms with Gasteiger partial charge in [0.15, 0.2) is 0 Å². The van der Waals surface area contributed by atoms with Crippen molar-refractivity contribution in [2.75, 3.05) is 0 Å². The van der Waals surface area contributed by atoms with Crippen LogP contribution in [-0.2, 0) is 0 Å². The topological polar surface area (TPSA) is 41.5 Å². The van der Waals surface area contributed by atoms with E-state index in [4.69, 9.17) is 0 Å². The van der Waals surface area contributed by atoms with Crippen molar-refractivity contribution in [2.45, 2.75) is 6.92 Å². The molecule has 0 saturated heterocycles. The summed E-state index contributed by atoms with van der Waals surface area (Å²) in [4.78, 5) is 12.8. The van der Waals surface area contributed by atoms with Crippen LogP contribution in [0, 0.1) is 6.92 Å². The maximum Gasteiger partial charge on any atom is 0.271 e. The van der Waals surface area contributed by atoms with Gasteiger partial charge < -0.3 is 0 Å². The molecule has 0 aliphatic carbocycles. The van der Waals surface area contributed by atoms with Gasteiger partial charge in [-0.3, -0.25) is 4.79 Å². The maximum absolute atomic E-state index is 11.7. The lowest BCUT2D eigenvalue weighted by Gasteiger charge is -1.99. The van der Waals surface area contributed by atoms with Crippen molar-refractivity contribution in [1.82, 2.24) is 5.43 Å². The molecule has 0 radical (unpaired) electrons. The number of hydrogen-bond acceptors (Lipinski definition) is 3. The van der Waals surface area contributed by atoms with Gasteiger partial charge in [-0.15, -0.1) is 11.3 Å². The first-order valence-electron chi connectivity index (χ1n) is 5.30. The van der Waals surface area contributed by atoms with Gasteiger partial charge in [0.25, 0.3) is 5.91 Å². The standard InChI is InChI=1S/C13H11BrN2OS/c1-9-6-7-18-12(9)8-15-16-13(17)10-2-4-11(14)5-3-10/h2-8H,1H3,(H,16,17)/b15-8-. The number of hydrazone groups is 1. The Balaban J connectivity index is 1.98. The molecule has 1 amide bonds. The van der Waals surface area contributed by atoms with Crippen molar-refractivity contribution >= 4 is 39.4 Å². The zero-order valence-corrected chi connectivity index (χ0v) is 12.1. The zero-order valence-electron chi connectivity index (χ0n) is 9.68. The highest BCUT2D eigenvalue weighted by Gasteiger charge is 2.03. The molecule has 0 fully saturated rings. The predicted octanol–water partition coefficient (Wildman–Crippen LogP) is 3.58. The van der Waals surface area contributed by atoms with Crippen LogP contribution in [0.2, 0.25) is 0 Å². The molecular weight excluding hydrogens is 312 g/mol. The first kappa shape index (κ1) is 13.0. The molecule has 3 nitrogen and oxygen atoms in total. The molecule has 2 rings (SSSR count). The third-order valence-corrected chi connectivity index (χ3v) is 3.84. The van der Waals surface area contributed by atoms with Crippen molar-refractivity contribution in [3.05, 3.63) is 56.2 Å². The fourth-order valence-electron chi connectivity index (χ4n) is 1.33. The Labute approximate surface area is 118 Å². The summed E-state index contributed by atoms with van der Waals surface area (Å²) in [5, 5.41) is 5.94. The van der Waals surface area contributed by atoms with Crippen LogP contribution in [0.15, 0.2) is 45.3 Å². The number of amides is 1. The van der Waals surface area contributed by atoms with E-state index in [2.05, 4.69) is 26.5 Å². The van der Waals surface area contributed by atoms with Gasteiger partial charge >= 0.3 is 0 Å². The average molecular weight is 323 g/mol. The molecular formula is C13H11BrN2OS. The molecule has 0 unspecified atom stereocenters. The molecule has 0 saturated carbocycles. The number of thiophene rings is 1. The number of rotatable bonds is 3. The lowest BCUT2D eigenvalue weighted by atomic mass is 10.2.